The molecule has 5 rings (SSSR count). The zero-order valence-electron chi connectivity index (χ0n) is 25.0. The van der Waals surface area contributed by atoms with Crippen LogP contribution >= 0.6 is 11.6 Å². The van der Waals surface area contributed by atoms with E-state index in [9.17, 15) is 20.0 Å². The molecule has 1 aliphatic rings. The summed E-state index contributed by atoms with van der Waals surface area (Å²) in [6, 6.07) is 17.2. The highest BCUT2D eigenvalue weighted by atomic mass is 35.5. The Bertz CT molecular complexity index is 1960. The maximum Gasteiger partial charge on any atom is 0.233 e. The third kappa shape index (κ3) is 6.15. The Morgan fingerprint density at radius 2 is 1.74 bits per heavy atom. The lowest BCUT2D eigenvalue weighted by atomic mass is 9.80. The van der Waals surface area contributed by atoms with Gasteiger partial charge >= 0.3 is 0 Å². The fourth-order valence-corrected chi connectivity index (χ4v) is 5.44. The van der Waals surface area contributed by atoms with E-state index in [1.807, 2.05) is 36.4 Å². The molecule has 0 radical (unpaired) electrons. The molecule has 230 valence electrons. The summed E-state index contributed by atoms with van der Waals surface area (Å²) in [6.07, 6.45) is 1.37. The highest BCUT2D eigenvalue weighted by Crippen LogP contribution is 2.44. The zero-order chi connectivity index (χ0) is 32.8. The van der Waals surface area contributed by atoms with Gasteiger partial charge in [0.2, 0.25) is 11.5 Å². The summed E-state index contributed by atoms with van der Waals surface area (Å²) in [4.78, 5) is 35.7. The fraction of sp³-hybridized carbons (Fsp3) is 0.206. The van der Waals surface area contributed by atoms with Crippen LogP contribution in [0, 0.1) is 24.8 Å². The van der Waals surface area contributed by atoms with Crippen LogP contribution in [-0.2, 0) is 11.2 Å². The lowest BCUT2D eigenvalue weighted by Gasteiger charge is -2.21. The number of pyridine rings is 1. The van der Waals surface area contributed by atoms with Crippen LogP contribution in [0.2, 0.25) is 5.02 Å². The number of aromatic hydroxyl groups is 1. The van der Waals surface area contributed by atoms with Gasteiger partial charge in [0.1, 0.15) is 22.9 Å². The Labute approximate surface area is 270 Å². The standard InChI is InChI=1S/C34H28ClN7O4/c1-19-28(37-2)33(38-14-8-16-46-3)40-34(39-15-13-20-9-5-4-6-10-20)29(19)41-42-30-23(35)17-21(18-36)25-27(30)32(45)26-22(31(25)44)11-7-12-24(26)43/h4-7,9-12,17,43H,8,13-16H2,1,3H3,(H2,38,39,40). The summed E-state index contributed by atoms with van der Waals surface area (Å²) in [6.45, 7) is 11.1. The van der Waals surface area contributed by atoms with E-state index < -0.39 is 11.6 Å². The lowest BCUT2D eigenvalue weighted by Crippen LogP contribution is -2.22. The number of ketones is 2. The molecule has 0 amide bonds. The highest BCUT2D eigenvalue weighted by molar-refractivity contribution is 6.37. The molecule has 0 saturated carbocycles. The van der Waals surface area contributed by atoms with Crippen LogP contribution in [0.3, 0.4) is 0 Å². The molecule has 0 aliphatic heterocycles. The third-order valence-corrected chi connectivity index (χ3v) is 7.74. The number of anilines is 2. The first-order valence-electron chi connectivity index (χ1n) is 14.3. The summed E-state index contributed by atoms with van der Waals surface area (Å²) in [7, 11) is 1.61. The molecule has 0 unspecified atom stereocenters. The van der Waals surface area contributed by atoms with E-state index in [0.717, 1.165) is 5.56 Å². The van der Waals surface area contributed by atoms with Gasteiger partial charge in [-0.25, -0.2) is 9.83 Å². The van der Waals surface area contributed by atoms with Crippen molar-refractivity contribution < 1.29 is 19.4 Å². The second-order valence-electron chi connectivity index (χ2n) is 10.4. The molecule has 3 N–H and O–H groups in total. The Balaban J connectivity index is 1.61. The van der Waals surface area contributed by atoms with Crippen LogP contribution in [-0.4, -0.2) is 48.5 Å². The maximum atomic E-state index is 13.8. The summed E-state index contributed by atoms with van der Waals surface area (Å²) < 4.78 is 5.13. The summed E-state index contributed by atoms with van der Waals surface area (Å²) in [5.41, 5.74) is 1.14. The Hall–Kier alpha value is -5.62. The molecule has 46 heavy (non-hydrogen) atoms. The molecule has 12 heteroatoms. The van der Waals surface area contributed by atoms with E-state index >= 15 is 0 Å². The number of ether oxygens (including phenoxy) is 1. The number of methoxy groups -OCH3 is 1. The quantitative estimate of drug-likeness (QED) is 0.0769. The van der Waals surface area contributed by atoms with Gasteiger partial charge in [0, 0.05) is 32.4 Å². The monoisotopic (exact) mass is 633 g/mol. The van der Waals surface area contributed by atoms with Gasteiger partial charge in [-0.15, -0.1) is 10.2 Å². The number of phenolic OH excluding ortho intramolecular Hbond substituents is 1. The maximum absolute atomic E-state index is 13.8. The highest BCUT2D eigenvalue weighted by Gasteiger charge is 2.37. The number of nitrogens with zero attached hydrogens (tertiary/aromatic N) is 5. The normalized spacial score (nSPS) is 11.9. The molecule has 4 aromatic rings. The Morgan fingerprint density at radius 3 is 2.46 bits per heavy atom. The zero-order valence-corrected chi connectivity index (χ0v) is 25.8. The molecule has 1 aromatic heterocycles. The predicted octanol–water partition coefficient (Wildman–Crippen LogP) is 7.47. The molecule has 0 bridgehead atoms. The van der Waals surface area contributed by atoms with E-state index in [1.165, 1.54) is 24.3 Å². The molecule has 0 spiro atoms. The topological polar surface area (TPSA) is 153 Å². The molecular weight excluding hydrogens is 606 g/mol. The molecule has 0 saturated heterocycles. The van der Waals surface area contributed by atoms with Gasteiger partial charge in [-0.1, -0.05) is 54.1 Å². The van der Waals surface area contributed by atoms with Crippen molar-refractivity contribution in [1.29, 1.82) is 5.26 Å². The van der Waals surface area contributed by atoms with Crippen molar-refractivity contribution in [3.63, 3.8) is 0 Å². The number of benzene rings is 3. The second kappa shape index (κ2) is 14.0. The smallest absolute Gasteiger partial charge is 0.233 e. The molecule has 1 heterocycles. The van der Waals surface area contributed by atoms with Gasteiger partial charge in [0.05, 0.1) is 39.9 Å². The number of hydrogen-bond acceptors (Lipinski definition) is 10. The number of nitriles is 1. The second-order valence-corrected chi connectivity index (χ2v) is 10.8. The third-order valence-electron chi connectivity index (χ3n) is 7.45. The number of carbonyl (C=O) groups is 2. The van der Waals surface area contributed by atoms with Gasteiger partial charge in [-0.3, -0.25) is 9.59 Å². The van der Waals surface area contributed by atoms with Gasteiger partial charge < -0.3 is 20.5 Å². The van der Waals surface area contributed by atoms with Crippen LogP contribution in [0.1, 0.15) is 55.0 Å². The van der Waals surface area contributed by atoms with Crippen molar-refractivity contribution in [3.05, 3.63) is 110 Å². The van der Waals surface area contributed by atoms with Crippen LogP contribution in [0.4, 0.5) is 28.7 Å². The van der Waals surface area contributed by atoms with Crippen molar-refractivity contribution in [3.8, 4) is 11.8 Å². The van der Waals surface area contributed by atoms with E-state index in [-0.39, 0.29) is 55.7 Å². The number of carbonyl (C=O) groups excluding carboxylic acids is 2. The first-order chi connectivity index (χ1) is 22.3. The number of halogens is 1. The first-order valence-corrected chi connectivity index (χ1v) is 14.7. The van der Waals surface area contributed by atoms with Gasteiger partial charge in [0.15, 0.2) is 11.6 Å². The number of rotatable bonds is 11. The number of nitrogens with one attached hydrogen (secondary N) is 2. The predicted molar refractivity (Wildman–Crippen MR) is 174 cm³/mol. The van der Waals surface area contributed by atoms with Crippen molar-refractivity contribution in [1.82, 2.24) is 4.98 Å². The van der Waals surface area contributed by atoms with E-state index in [0.29, 0.717) is 49.7 Å². The van der Waals surface area contributed by atoms with Crippen molar-refractivity contribution in [2.75, 3.05) is 37.4 Å². The van der Waals surface area contributed by atoms with Crippen molar-refractivity contribution >= 4 is 51.9 Å². The Kier molecular flexibility index (Phi) is 9.67. The van der Waals surface area contributed by atoms with Crippen LogP contribution in [0.15, 0.2) is 64.8 Å². The summed E-state index contributed by atoms with van der Waals surface area (Å²) in [5, 5.41) is 35.5. The van der Waals surface area contributed by atoms with E-state index in [2.05, 4.69) is 25.7 Å². The minimum absolute atomic E-state index is 0.0283. The molecule has 0 atom stereocenters. The van der Waals surface area contributed by atoms with Gasteiger partial charge in [-0.2, -0.15) is 5.26 Å². The largest absolute Gasteiger partial charge is 0.507 e. The average molecular weight is 634 g/mol. The van der Waals surface area contributed by atoms with Crippen LogP contribution in [0.25, 0.3) is 4.85 Å². The Morgan fingerprint density at radius 1 is 1.00 bits per heavy atom. The first kappa shape index (κ1) is 31.8. The number of fused-ring (bicyclic) bond motifs is 2. The number of azo groups is 1. The number of hydrogen-bond donors (Lipinski definition) is 3. The minimum atomic E-state index is -0.718. The lowest BCUT2D eigenvalue weighted by molar-refractivity contribution is 0.0977. The average Bonchev–Trinajstić information content (AvgIpc) is 3.05. The minimum Gasteiger partial charge on any atom is -0.507 e. The van der Waals surface area contributed by atoms with Crippen LogP contribution < -0.4 is 10.6 Å². The molecular formula is C34H28ClN7O4. The SMILES string of the molecule is [C-]#[N+]c1c(NCCCOC)nc(NCCc2ccccc2)c(N=Nc2c(Cl)cc(C#N)c3c2C(=O)c2c(O)cccc2C3=O)c1C. The van der Waals surface area contributed by atoms with E-state index in [4.69, 9.17) is 27.9 Å². The van der Waals surface area contributed by atoms with Gasteiger partial charge in [0.25, 0.3) is 0 Å². The van der Waals surface area contributed by atoms with Crippen LogP contribution in [0.5, 0.6) is 5.75 Å². The fourth-order valence-electron chi connectivity index (χ4n) is 5.19. The summed E-state index contributed by atoms with van der Waals surface area (Å²) in [5.74, 6) is -1.02. The molecule has 11 nitrogen and oxygen atoms in total. The number of phenols is 1. The number of aromatic nitrogens is 1. The van der Waals surface area contributed by atoms with E-state index in [1.54, 1.807) is 14.0 Å². The van der Waals surface area contributed by atoms with Crippen molar-refractivity contribution in [2.24, 2.45) is 10.2 Å². The van der Waals surface area contributed by atoms with Gasteiger partial charge in [-0.05, 0) is 43.0 Å². The summed E-state index contributed by atoms with van der Waals surface area (Å²) >= 11 is 6.56. The van der Waals surface area contributed by atoms with Crippen molar-refractivity contribution in [2.45, 2.75) is 19.8 Å². The molecule has 0 fully saturated rings. The molecule has 1 aliphatic carbocycles. The molecule has 3 aromatic carbocycles.